The van der Waals surface area contributed by atoms with Gasteiger partial charge in [-0.05, 0) is 61.8 Å². The number of carbonyl (C=O) groups excluding carboxylic acids is 4. The summed E-state index contributed by atoms with van der Waals surface area (Å²) in [6, 6.07) is 5.38. The molecule has 0 aliphatic rings. The van der Waals surface area contributed by atoms with Crippen LogP contribution >= 0.6 is 10.8 Å². The molecule has 4 amide bonds. The van der Waals surface area contributed by atoms with Crippen LogP contribution in [-0.2, 0) is 34.6 Å². The molecule has 0 fully saturated rings. The van der Waals surface area contributed by atoms with Gasteiger partial charge in [-0.1, -0.05) is 18.6 Å². The molecule has 1 rings (SSSR count). The van der Waals surface area contributed by atoms with Crippen LogP contribution in [0.3, 0.4) is 0 Å². The van der Waals surface area contributed by atoms with E-state index in [9.17, 15) is 37.5 Å². The molecule has 0 bridgehead atoms. The van der Waals surface area contributed by atoms with Crippen molar-refractivity contribution in [1.29, 1.82) is 0 Å². The fourth-order valence-electron chi connectivity index (χ4n) is 3.95. The van der Waals surface area contributed by atoms with Crippen molar-refractivity contribution in [3.63, 3.8) is 0 Å². The monoisotopic (exact) mass is 703 g/mol. The first kappa shape index (κ1) is 41.5. The van der Waals surface area contributed by atoms with E-state index in [-0.39, 0.29) is 32.0 Å². The molecule has 0 spiro atoms. The molecule has 266 valence electrons. The smallest absolute Gasteiger partial charge is 0.415 e. The molecule has 17 heteroatoms. The van der Waals surface area contributed by atoms with E-state index in [1.807, 2.05) is 19.0 Å². The minimum absolute atomic E-state index is 0.00623. The van der Waals surface area contributed by atoms with Gasteiger partial charge in [-0.15, -0.1) is 0 Å². The Bertz CT molecular complexity index is 1280. The number of unbranched alkanes of at least 4 members (excludes halogenated alkanes) is 2. The average molecular weight is 704 g/mol. The van der Waals surface area contributed by atoms with E-state index in [1.54, 1.807) is 38.4 Å². The summed E-state index contributed by atoms with van der Waals surface area (Å²) in [5, 5.41) is 11.9. The number of hydrogen-bond acceptors (Lipinski definition) is 11. The van der Waals surface area contributed by atoms with Crippen LogP contribution in [0.15, 0.2) is 24.3 Å². The molecule has 15 nitrogen and oxygen atoms in total. The lowest BCUT2D eigenvalue weighted by Gasteiger charge is -2.26. The highest BCUT2D eigenvalue weighted by Gasteiger charge is 2.29. The number of rotatable bonds is 21. The van der Waals surface area contributed by atoms with Gasteiger partial charge < -0.3 is 39.5 Å². The number of carbonyl (C=O) groups is 5. The van der Waals surface area contributed by atoms with Crippen LogP contribution in [0.2, 0.25) is 0 Å². The maximum Gasteiger partial charge on any atom is 0.415 e. The highest BCUT2D eigenvalue weighted by Crippen LogP contribution is 2.16. The van der Waals surface area contributed by atoms with Crippen LogP contribution in [0.1, 0.15) is 44.1 Å². The summed E-state index contributed by atoms with van der Waals surface area (Å²) >= 11 is 0. The molecule has 0 aliphatic carbocycles. The van der Waals surface area contributed by atoms with Gasteiger partial charge >= 0.3 is 18.2 Å². The number of aliphatic carboxylic acids is 1. The molecule has 47 heavy (non-hydrogen) atoms. The van der Waals surface area contributed by atoms with Crippen molar-refractivity contribution in [2.75, 3.05) is 73.4 Å². The van der Waals surface area contributed by atoms with Crippen molar-refractivity contribution >= 4 is 49.6 Å². The second kappa shape index (κ2) is 21.3. The zero-order valence-electron chi connectivity index (χ0n) is 28.1. The highest BCUT2D eigenvalue weighted by molar-refractivity contribution is 8.71. The van der Waals surface area contributed by atoms with Crippen molar-refractivity contribution in [3.8, 4) is 5.75 Å². The molecular formula is C30H49N5O10S2. The van der Waals surface area contributed by atoms with Crippen molar-refractivity contribution < 1.29 is 47.0 Å². The summed E-state index contributed by atoms with van der Waals surface area (Å²) in [4.78, 5) is 67.3. The fraction of sp³-hybridized carbons (Fsp3) is 0.633. The van der Waals surface area contributed by atoms with Crippen molar-refractivity contribution in [1.82, 2.24) is 24.9 Å². The number of ether oxygens (including phenoxy) is 2. The zero-order chi connectivity index (χ0) is 35.6. The number of nitrogens with one attached hydrogen (secondary N) is 1. The van der Waals surface area contributed by atoms with E-state index in [4.69, 9.17) is 9.47 Å². The maximum atomic E-state index is 12.8. The Hall–Kier alpha value is -3.57. The molecule has 0 aromatic heterocycles. The number of carboxylic acid groups (broad SMARTS) is 1. The Kier molecular flexibility index (Phi) is 18.8. The molecule has 0 unspecified atom stereocenters. The van der Waals surface area contributed by atoms with Crippen LogP contribution in [0.25, 0.3) is 0 Å². The Morgan fingerprint density at radius 3 is 2.11 bits per heavy atom. The van der Waals surface area contributed by atoms with Gasteiger partial charge in [-0.3, -0.25) is 14.4 Å². The fourth-order valence-corrected chi connectivity index (χ4v) is 5.84. The second-order valence-corrected chi connectivity index (χ2v) is 15.9. The predicted molar refractivity (Wildman–Crippen MR) is 179 cm³/mol. The third-order valence-electron chi connectivity index (χ3n) is 6.83. The molecule has 0 saturated heterocycles. The number of benzene rings is 1. The van der Waals surface area contributed by atoms with Gasteiger partial charge in [0.05, 0.1) is 6.42 Å². The first-order valence-electron chi connectivity index (χ1n) is 15.1. The van der Waals surface area contributed by atoms with E-state index in [0.717, 1.165) is 21.9 Å². The molecule has 1 atom stereocenters. The van der Waals surface area contributed by atoms with Crippen LogP contribution in [0, 0.1) is 0 Å². The first-order valence-corrected chi connectivity index (χ1v) is 18.5. The second-order valence-electron chi connectivity index (χ2n) is 11.3. The zero-order valence-corrected chi connectivity index (χ0v) is 29.7. The van der Waals surface area contributed by atoms with E-state index in [1.165, 1.54) is 16.8 Å². The topological polar surface area (TPSA) is 183 Å². The standard InChI is InChI=1S/C30H49N5O10S2/c1-32(2)18-19-34(4)30(41)45-24-14-12-23(13-15-24)22-44-29(40)33(3)17-10-16-31-28(39)25(21-27(37)38)35(5)26(36)11-8-7-9-20-46-47(6,42)43/h12-15,25H,7-11,16-22H2,1-6H3,(H,31,39)(H,37,38)/t25-/m0/s1. The van der Waals surface area contributed by atoms with Crippen molar-refractivity contribution in [2.45, 2.75) is 51.2 Å². The first-order chi connectivity index (χ1) is 22.0. The number of likely N-dealkylation sites (N-methyl/N-ethyl adjacent to an activating group) is 3. The number of nitrogens with zero attached hydrogens (tertiary/aromatic N) is 4. The Labute approximate surface area is 281 Å². The van der Waals surface area contributed by atoms with Crippen molar-refractivity contribution in [2.24, 2.45) is 0 Å². The summed E-state index contributed by atoms with van der Waals surface area (Å²) in [6.07, 6.45) is 1.66. The normalized spacial score (nSPS) is 11.8. The summed E-state index contributed by atoms with van der Waals surface area (Å²) in [5.74, 6) is -1.45. The largest absolute Gasteiger partial charge is 0.481 e. The van der Waals surface area contributed by atoms with E-state index in [0.29, 0.717) is 55.8 Å². The predicted octanol–water partition coefficient (Wildman–Crippen LogP) is 2.31. The lowest BCUT2D eigenvalue weighted by Crippen LogP contribution is -2.49. The number of amides is 4. The van der Waals surface area contributed by atoms with Crippen LogP contribution < -0.4 is 10.1 Å². The van der Waals surface area contributed by atoms with Gasteiger partial charge in [-0.2, -0.15) is 0 Å². The van der Waals surface area contributed by atoms with Crippen LogP contribution in [0.4, 0.5) is 9.59 Å². The summed E-state index contributed by atoms with van der Waals surface area (Å²) < 4.78 is 33.0. The quantitative estimate of drug-likeness (QED) is 0.141. The summed E-state index contributed by atoms with van der Waals surface area (Å²) in [5.41, 5.74) is 0.689. The Morgan fingerprint density at radius 2 is 1.51 bits per heavy atom. The van der Waals surface area contributed by atoms with Crippen LogP contribution in [-0.4, -0.2) is 143 Å². The lowest BCUT2D eigenvalue weighted by atomic mass is 10.1. The minimum atomic E-state index is -3.11. The van der Waals surface area contributed by atoms with E-state index < -0.39 is 45.4 Å². The molecule has 2 N–H and O–H groups in total. The van der Waals surface area contributed by atoms with E-state index >= 15 is 0 Å². The molecule has 1 aromatic rings. The van der Waals surface area contributed by atoms with E-state index in [2.05, 4.69) is 5.32 Å². The van der Waals surface area contributed by atoms with Gasteiger partial charge in [0.1, 0.15) is 18.4 Å². The molecule has 0 saturated carbocycles. The van der Waals surface area contributed by atoms with Gasteiger partial charge in [0.2, 0.25) is 11.8 Å². The Morgan fingerprint density at radius 1 is 0.872 bits per heavy atom. The average Bonchev–Trinajstić information content (AvgIpc) is 3.00. The van der Waals surface area contributed by atoms with Crippen molar-refractivity contribution in [3.05, 3.63) is 29.8 Å². The summed E-state index contributed by atoms with van der Waals surface area (Å²) in [6.45, 7) is 1.59. The van der Waals surface area contributed by atoms with Crippen LogP contribution in [0.5, 0.6) is 5.75 Å². The number of carboxylic acids is 1. The van der Waals surface area contributed by atoms with Gasteiger partial charge in [0.15, 0.2) is 8.87 Å². The van der Waals surface area contributed by atoms with Gasteiger partial charge in [0.25, 0.3) is 0 Å². The molecule has 0 radical (unpaired) electrons. The molecular weight excluding hydrogens is 654 g/mol. The third kappa shape index (κ3) is 18.4. The molecule has 0 aliphatic heterocycles. The Balaban J connectivity index is 2.44. The maximum absolute atomic E-state index is 12.8. The summed E-state index contributed by atoms with van der Waals surface area (Å²) in [7, 11) is 6.14. The molecule has 0 heterocycles. The number of hydrogen-bond donors (Lipinski definition) is 2. The third-order valence-corrected chi connectivity index (χ3v) is 9.50. The lowest BCUT2D eigenvalue weighted by molar-refractivity contribution is -0.145. The molecule has 1 aromatic carbocycles. The minimum Gasteiger partial charge on any atom is -0.481 e. The SMILES string of the molecule is CN(C)CCN(C)C(=O)Oc1ccc(COC(=O)N(C)CCCNC(=O)[C@H](CC(=O)O)N(C)C(=O)CCCCCSS(C)(=O)=O)cc1. The van der Waals surface area contributed by atoms with Gasteiger partial charge in [0, 0.05) is 65.8 Å². The highest BCUT2D eigenvalue weighted by atomic mass is 33.1. The van der Waals surface area contributed by atoms with Gasteiger partial charge in [-0.25, -0.2) is 18.0 Å².